The molecule has 80 valence electrons. The van der Waals surface area contributed by atoms with Crippen molar-refractivity contribution in [3.8, 4) is 0 Å². The standard InChI is InChI=1S/C10H12BrN3S/c1-14-7-2-3-8(14)5-6(4-7)9-10(11)13-15-12-9/h4,7-8H,2-3,5H2,1H3. The van der Waals surface area contributed by atoms with Gasteiger partial charge in [0.25, 0.3) is 0 Å². The van der Waals surface area contributed by atoms with Crippen molar-refractivity contribution in [2.24, 2.45) is 0 Å². The van der Waals surface area contributed by atoms with Crippen LogP contribution >= 0.6 is 27.7 Å². The molecule has 3 rings (SSSR count). The van der Waals surface area contributed by atoms with Crippen molar-refractivity contribution in [3.63, 3.8) is 0 Å². The molecule has 0 amide bonds. The van der Waals surface area contributed by atoms with Crippen molar-refractivity contribution in [1.29, 1.82) is 0 Å². The molecule has 1 fully saturated rings. The van der Waals surface area contributed by atoms with E-state index < -0.39 is 0 Å². The maximum atomic E-state index is 4.36. The predicted octanol–water partition coefficient (Wildman–Crippen LogP) is 2.55. The smallest absolute Gasteiger partial charge is 0.147 e. The summed E-state index contributed by atoms with van der Waals surface area (Å²) in [4.78, 5) is 2.48. The van der Waals surface area contributed by atoms with Crippen LogP contribution in [-0.4, -0.2) is 32.8 Å². The molecule has 0 spiro atoms. The second kappa shape index (κ2) is 3.64. The highest BCUT2D eigenvalue weighted by Crippen LogP contribution is 2.38. The minimum absolute atomic E-state index is 0.618. The van der Waals surface area contributed by atoms with E-state index in [1.54, 1.807) is 0 Å². The minimum Gasteiger partial charge on any atom is -0.297 e. The number of nitrogens with zero attached hydrogens (tertiary/aromatic N) is 3. The van der Waals surface area contributed by atoms with Crippen LogP contribution in [0.15, 0.2) is 10.7 Å². The highest BCUT2D eigenvalue weighted by atomic mass is 79.9. The molecule has 1 aromatic rings. The van der Waals surface area contributed by atoms with Crippen LogP contribution in [0.3, 0.4) is 0 Å². The van der Waals surface area contributed by atoms with E-state index in [-0.39, 0.29) is 0 Å². The second-order valence-electron chi connectivity index (χ2n) is 4.26. The van der Waals surface area contributed by atoms with Gasteiger partial charge in [0, 0.05) is 12.1 Å². The monoisotopic (exact) mass is 285 g/mol. The van der Waals surface area contributed by atoms with Gasteiger partial charge in [-0.15, -0.1) is 0 Å². The lowest BCUT2D eigenvalue weighted by molar-refractivity contribution is 0.264. The molecular weight excluding hydrogens is 274 g/mol. The average Bonchev–Trinajstić information content (AvgIpc) is 2.70. The van der Waals surface area contributed by atoms with Crippen LogP contribution in [0.5, 0.6) is 0 Å². The van der Waals surface area contributed by atoms with E-state index >= 15 is 0 Å². The Kier molecular flexibility index (Phi) is 2.41. The summed E-state index contributed by atoms with van der Waals surface area (Å²) >= 11 is 4.74. The fourth-order valence-electron chi connectivity index (χ4n) is 2.59. The third-order valence-electron chi connectivity index (χ3n) is 3.50. The molecule has 15 heavy (non-hydrogen) atoms. The first-order valence-corrected chi connectivity index (χ1v) is 6.69. The fraction of sp³-hybridized carbons (Fsp3) is 0.600. The van der Waals surface area contributed by atoms with E-state index in [1.807, 2.05) is 0 Å². The zero-order chi connectivity index (χ0) is 10.4. The molecule has 0 radical (unpaired) electrons. The van der Waals surface area contributed by atoms with Gasteiger partial charge >= 0.3 is 0 Å². The number of likely N-dealkylation sites (N-methyl/N-ethyl adjacent to an activating group) is 1. The van der Waals surface area contributed by atoms with Crippen LogP contribution in [0.2, 0.25) is 0 Å². The largest absolute Gasteiger partial charge is 0.297 e. The normalized spacial score (nSPS) is 30.7. The van der Waals surface area contributed by atoms with Crippen LogP contribution in [0.1, 0.15) is 25.0 Å². The van der Waals surface area contributed by atoms with Gasteiger partial charge in [-0.3, -0.25) is 4.90 Å². The van der Waals surface area contributed by atoms with E-state index in [2.05, 4.69) is 42.7 Å². The van der Waals surface area contributed by atoms with E-state index in [1.165, 1.54) is 30.1 Å². The van der Waals surface area contributed by atoms with Crippen LogP contribution in [0, 0.1) is 0 Å². The molecule has 2 aliphatic rings. The predicted molar refractivity (Wildman–Crippen MR) is 64.8 cm³/mol. The van der Waals surface area contributed by atoms with Crippen molar-refractivity contribution in [1.82, 2.24) is 13.6 Å². The Labute approximate surface area is 102 Å². The lowest BCUT2D eigenvalue weighted by Gasteiger charge is -2.29. The maximum absolute atomic E-state index is 4.36. The summed E-state index contributed by atoms with van der Waals surface area (Å²) in [6, 6.07) is 1.33. The van der Waals surface area contributed by atoms with E-state index in [0.29, 0.717) is 12.1 Å². The Morgan fingerprint density at radius 1 is 1.47 bits per heavy atom. The second-order valence-corrected chi connectivity index (χ2v) is 5.54. The maximum Gasteiger partial charge on any atom is 0.147 e. The summed E-state index contributed by atoms with van der Waals surface area (Å²) in [5.74, 6) is 0. The first-order valence-electron chi connectivity index (χ1n) is 5.17. The van der Waals surface area contributed by atoms with Gasteiger partial charge in [-0.1, -0.05) is 6.08 Å². The Bertz CT molecular complexity index is 415. The summed E-state index contributed by atoms with van der Waals surface area (Å²) < 4.78 is 9.44. The van der Waals surface area contributed by atoms with Crippen LogP contribution in [0.4, 0.5) is 0 Å². The van der Waals surface area contributed by atoms with Gasteiger partial charge in [0.15, 0.2) is 0 Å². The number of fused-ring (bicyclic) bond motifs is 2. The van der Waals surface area contributed by atoms with E-state index in [0.717, 1.165) is 16.7 Å². The topological polar surface area (TPSA) is 29.0 Å². The number of rotatable bonds is 1. The van der Waals surface area contributed by atoms with E-state index in [4.69, 9.17) is 0 Å². The zero-order valence-corrected chi connectivity index (χ0v) is 10.9. The molecule has 0 saturated carbocycles. The van der Waals surface area contributed by atoms with Gasteiger partial charge in [-0.2, -0.15) is 8.75 Å². The Balaban J connectivity index is 1.97. The molecule has 5 heteroatoms. The SMILES string of the molecule is CN1C2C=C(c3nsnc3Br)CC1CC2. The summed E-state index contributed by atoms with van der Waals surface area (Å²) in [6.45, 7) is 0. The number of aromatic nitrogens is 2. The lowest BCUT2D eigenvalue weighted by Crippen LogP contribution is -2.34. The molecule has 3 heterocycles. The summed E-state index contributed by atoms with van der Waals surface area (Å²) in [6.07, 6.45) is 6.10. The average molecular weight is 286 g/mol. The van der Waals surface area contributed by atoms with Gasteiger partial charge in [-0.05, 0) is 47.8 Å². The third-order valence-corrected chi connectivity index (χ3v) is 4.81. The number of halogens is 1. The Morgan fingerprint density at radius 3 is 3.00 bits per heavy atom. The molecule has 0 N–H and O–H groups in total. The van der Waals surface area contributed by atoms with Crippen molar-refractivity contribution >= 4 is 33.2 Å². The van der Waals surface area contributed by atoms with Gasteiger partial charge < -0.3 is 0 Å². The third kappa shape index (κ3) is 1.57. The number of hydrogen-bond acceptors (Lipinski definition) is 4. The highest BCUT2D eigenvalue weighted by Gasteiger charge is 2.34. The van der Waals surface area contributed by atoms with E-state index in [9.17, 15) is 0 Å². The summed E-state index contributed by atoms with van der Waals surface area (Å²) in [5, 5.41) is 0. The van der Waals surface area contributed by atoms with Crippen molar-refractivity contribution in [2.75, 3.05) is 7.05 Å². The van der Waals surface area contributed by atoms with Gasteiger partial charge in [-0.25, -0.2) is 0 Å². The zero-order valence-electron chi connectivity index (χ0n) is 8.48. The lowest BCUT2D eigenvalue weighted by atomic mass is 10.00. The van der Waals surface area contributed by atoms with Crippen LogP contribution in [-0.2, 0) is 0 Å². The molecule has 2 atom stereocenters. The molecule has 0 aromatic carbocycles. The summed E-state index contributed by atoms with van der Waals surface area (Å²) in [7, 11) is 2.23. The molecule has 2 bridgehead atoms. The molecule has 2 aliphatic heterocycles. The van der Waals surface area contributed by atoms with Crippen molar-refractivity contribution in [3.05, 3.63) is 16.4 Å². The highest BCUT2D eigenvalue weighted by molar-refractivity contribution is 9.10. The summed E-state index contributed by atoms with van der Waals surface area (Å²) in [5.41, 5.74) is 2.44. The molecule has 1 saturated heterocycles. The minimum atomic E-state index is 0.618. The van der Waals surface area contributed by atoms with Gasteiger partial charge in [0.1, 0.15) is 10.3 Å². The van der Waals surface area contributed by atoms with Crippen LogP contribution in [0.25, 0.3) is 5.57 Å². The molecule has 3 nitrogen and oxygen atoms in total. The van der Waals surface area contributed by atoms with Crippen LogP contribution < -0.4 is 0 Å². The van der Waals surface area contributed by atoms with Gasteiger partial charge in [0.05, 0.1) is 11.7 Å². The first-order chi connectivity index (χ1) is 7.25. The van der Waals surface area contributed by atoms with Crippen molar-refractivity contribution in [2.45, 2.75) is 31.3 Å². The molecule has 1 aromatic heterocycles. The quantitative estimate of drug-likeness (QED) is 0.794. The first kappa shape index (κ1) is 9.93. The molecule has 0 aliphatic carbocycles. The Morgan fingerprint density at radius 2 is 2.33 bits per heavy atom. The molecule has 2 unspecified atom stereocenters. The molecular formula is C10H12BrN3S. The fourth-order valence-corrected chi connectivity index (χ4v) is 3.73. The van der Waals surface area contributed by atoms with Gasteiger partial charge in [0.2, 0.25) is 0 Å². The number of hydrogen-bond donors (Lipinski definition) is 0. The van der Waals surface area contributed by atoms with Crippen molar-refractivity contribution < 1.29 is 0 Å². The Hall–Kier alpha value is -0.260.